The first-order valence-electron chi connectivity index (χ1n) is 13.9. The van der Waals surface area contributed by atoms with Gasteiger partial charge < -0.3 is 19.3 Å². The molecule has 2 heterocycles. The van der Waals surface area contributed by atoms with Gasteiger partial charge in [-0.3, -0.25) is 14.5 Å². The highest BCUT2D eigenvalue weighted by molar-refractivity contribution is 7.99. The van der Waals surface area contributed by atoms with E-state index < -0.39 is 41.6 Å². The van der Waals surface area contributed by atoms with E-state index in [1.54, 1.807) is 24.3 Å². The first kappa shape index (κ1) is 28.3. The molecule has 214 valence electrons. The maximum absolute atomic E-state index is 13.7. The van der Waals surface area contributed by atoms with Crippen molar-refractivity contribution in [2.75, 3.05) is 6.61 Å². The molecule has 0 saturated carbocycles. The summed E-state index contributed by atoms with van der Waals surface area (Å²) in [5, 5.41) is 11.7. The number of carbonyl (C=O) groups is 2. The summed E-state index contributed by atoms with van der Waals surface area (Å²) in [4.78, 5) is 29.5. The van der Waals surface area contributed by atoms with E-state index in [4.69, 9.17) is 14.2 Å². The van der Waals surface area contributed by atoms with E-state index in [9.17, 15) is 14.7 Å². The lowest BCUT2D eigenvalue weighted by Crippen LogP contribution is -2.65. The number of imide groups is 1. The molecule has 42 heavy (non-hydrogen) atoms. The third kappa shape index (κ3) is 6.04. The summed E-state index contributed by atoms with van der Waals surface area (Å²) in [7, 11) is 0. The molecule has 5 atom stereocenters. The van der Waals surface area contributed by atoms with Gasteiger partial charge in [-0.25, -0.2) is 0 Å². The van der Waals surface area contributed by atoms with Crippen LogP contribution in [-0.4, -0.2) is 58.2 Å². The van der Waals surface area contributed by atoms with Crippen molar-refractivity contribution in [2.45, 2.75) is 47.9 Å². The number of ether oxygens (including phenoxy) is 3. The van der Waals surface area contributed by atoms with Crippen molar-refractivity contribution >= 4 is 23.6 Å². The standard InChI is InChI=1S/C34H31NO6S/c36-30-28(22-39-20-23-12-4-1-5-13-23)41-34(42-25-16-8-3-9-17-25)29(31(30)40-21-24-14-6-2-7-15-24)35-32(37)26-18-10-11-19-27(26)33(35)38/h1-19,28-31,34,36H,20-22H2/t28-,29-,30-,31-,34+/m1/s1. The number of fused-ring (bicyclic) bond motifs is 1. The lowest BCUT2D eigenvalue weighted by atomic mass is 9.96. The number of thioether (sulfide) groups is 1. The Bertz CT molecular complexity index is 1470. The third-order valence-corrected chi connectivity index (χ3v) is 8.61. The van der Waals surface area contributed by atoms with Gasteiger partial charge in [0.2, 0.25) is 0 Å². The maximum Gasteiger partial charge on any atom is 0.262 e. The normalized spacial score (nSPS) is 23.6. The summed E-state index contributed by atoms with van der Waals surface area (Å²) in [5.41, 5.74) is 1.83. The Morgan fingerprint density at radius 1 is 0.714 bits per heavy atom. The van der Waals surface area contributed by atoms with Crippen LogP contribution in [0, 0.1) is 0 Å². The topological polar surface area (TPSA) is 85.3 Å². The molecule has 0 aliphatic carbocycles. The van der Waals surface area contributed by atoms with E-state index in [-0.39, 0.29) is 13.2 Å². The molecular weight excluding hydrogens is 550 g/mol. The maximum atomic E-state index is 13.7. The molecule has 0 radical (unpaired) electrons. The highest BCUT2D eigenvalue weighted by Gasteiger charge is 2.54. The van der Waals surface area contributed by atoms with E-state index >= 15 is 0 Å². The van der Waals surface area contributed by atoms with Gasteiger partial charge in [0.05, 0.1) is 30.9 Å². The van der Waals surface area contributed by atoms with Crippen LogP contribution in [0.15, 0.2) is 120 Å². The molecule has 4 aromatic rings. The summed E-state index contributed by atoms with van der Waals surface area (Å²) in [6, 6.07) is 34.9. The molecule has 0 unspecified atom stereocenters. The average Bonchev–Trinajstić information content (AvgIpc) is 3.28. The molecule has 2 amide bonds. The van der Waals surface area contributed by atoms with Gasteiger partial charge in [0.25, 0.3) is 11.8 Å². The van der Waals surface area contributed by atoms with Crippen LogP contribution in [0.25, 0.3) is 0 Å². The number of benzene rings is 4. The second-order valence-electron chi connectivity index (χ2n) is 10.2. The second-order valence-corrected chi connectivity index (χ2v) is 11.4. The number of aliphatic hydroxyl groups excluding tert-OH is 1. The van der Waals surface area contributed by atoms with E-state index in [1.807, 2.05) is 91.0 Å². The molecule has 0 bridgehead atoms. The average molecular weight is 582 g/mol. The minimum absolute atomic E-state index is 0.0992. The van der Waals surface area contributed by atoms with Crippen LogP contribution in [0.1, 0.15) is 31.8 Å². The highest BCUT2D eigenvalue weighted by Crippen LogP contribution is 2.40. The van der Waals surface area contributed by atoms with Gasteiger partial charge in [-0.2, -0.15) is 0 Å². The Kier molecular flexibility index (Phi) is 8.79. The lowest BCUT2D eigenvalue weighted by Gasteiger charge is -2.47. The first-order valence-corrected chi connectivity index (χ1v) is 14.8. The van der Waals surface area contributed by atoms with Crippen LogP contribution in [-0.2, 0) is 27.4 Å². The molecule has 0 spiro atoms. The quantitative estimate of drug-likeness (QED) is 0.254. The highest BCUT2D eigenvalue weighted by atomic mass is 32.2. The molecule has 6 rings (SSSR count). The van der Waals surface area contributed by atoms with Gasteiger partial charge in [0.15, 0.2) is 0 Å². The molecule has 2 aliphatic rings. The number of rotatable bonds is 10. The van der Waals surface area contributed by atoms with Crippen molar-refractivity contribution in [3.63, 3.8) is 0 Å². The smallest absolute Gasteiger partial charge is 0.262 e. The first-order chi connectivity index (χ1) is 20.6. The molecule has 2 aliphatic heterocycles. The monoisotopic (exact) mass is 581 g/mol. The van der Waals surface area contributed by atoms with Crippen LogP contribution in [0.4, 0.5) is 0 Å². The van der Waals surface area contributed by atoms with Crippen LogP contribution in [0.5, 0.6) is 0 Å². The summed E-state index contributed by atoms with van der Waals surface area (Å²) in [6.45, 7) is 0.631. The molecule has 4 aromatic carbocycles. The number of carbonyl (C=O) groups excluding carboxylic acids is 2. The predicted octanol–water partition coefficient (Wildman–Crippen LogP) is 5.33. The minimum Gasteiger partial charge on any atom is -0.388 e. The summed E-state index contributed by atoms with van der Waals surface area (Å²) >= 11 is 1.39. The zero-order chi connectivity index (χ0) is 28.9. The molecule has 1 N–H and O–H groups in total. The van der Waals surface area contributed by atoms with Gasteiger partial charge in [-0.15, -0.1) is 0 Å². The fourth-order valence-corrected chi connectivity index (χ4v) is 6.55. The zero-order valence-electron chi connectivity index (χ0n) is 22.8. The SMILES string of the molecule is O=C1c2ccccc2C(=O)N1[C@@H]1[C@@H](OCc2ccccc2)[C@H](O)[C@@H](COCc2ccccc2)O[C@H]1Sc1ccccc1. The Labute approximate surface area is 249 Å². The van der Waals surface area contributed by atoms with E-state index in [1.165, 1.54) is 16.7 Å². The Hall–Kier alpha value is -3.79. The Morgan fingerprint density at radius 3 is 1.83 bits per heavy atom. The van der Waals surface area contributed by atoms with Crippen molar-refractivity contribution in [2.24, 2.45) is 0 Å². The largest absolute Gasteiger partial charge is 0.388 e. The van der Waals surface area contributed by atoms with Crippen LogP contribution in [0.3, 0.4) is 0 Å². The van der Waals surface area contributed by atoms with Gasteiger partial charge in [-0.1, -0.05) is 103 Å². The van der Waals surface area contributed by atoms with Crippen molar-refractivity contribution in [3.8, 4) is 0 Å². The number of amides is 2. The third-order valence-electron chi connectivity index (χ3n) is 7.44. The Balaban J connectivity index is 1.33. The van der Waals surface area contributed by atoms with E-state index in [0.29, 0.717) is 17.7 Å². The van der Waals surface area contributed by atoms with Gasteiger partial charge in [0, 0.05) is 4.90 Å². The van der Waals surface area contributed by atoms with Crippen molar-refractivity contribution in [1.29, 1.82) is 0 Å². The van der Waals surface area contributed by atoms with E-state index in [2.05, 4.69) is 0 Å². The fourth-order valence-electron chi connectivity index (χ4n) is 5.35. The number of hydrogen-bond donors (Lipinski definition) is 1. The van der Waals surface area contributed by atoms with Gasteiger partial charge in [-0.05, 0) is 35.4 Å². The molecule has 1 saturated heterocycles. The molecule has 8 heteroatoms. The number of hydrogen-bond acceptors (Lipinski definition) is 7. The van der Waals surface area contributed by atoms with E-state index in [0.717, 1.165) is 16.0 Å². The zero-order valence-corrected chi connectivity index (χ0v) is 23.6. The van der Waals surface area contributed by atoms with Crippen LogP contribution in [0.2, 0.25) is 0 Å². The molecule has 0 aromatic heterocycles. The summed E-state index contributed by atoms with van der Waals surface area (Å²) in [5.74, 6) is -0.857. The fraction of sp³-hybridized carbons (Fsp3) is 0.235. The van der Waals surface area contributed by atoms with Gasteiger partial charge in [0.1, 0.15) is 29.8 Å². The summed E-state index contributed by atoms with van der Waals surface area (Å²) in [6.07, 6.45) is -2.87. The van der Waals surface area contributed by atoms with Crippen molar-refractivity contribution in [3.05, 3.63) is 138 Å². The van der Waals surface area contributed by atoms with Crippen LogP contribution >= 0.6 is 11.8 Å². The number of nitrogens with zero attached hydrogens (tertiary/aromatic N) is 1. The summed E-state index contributed by atoms with van der Waals surface area (Å²) < 4.78 is 18.9. The van der Waals surface area contributed by atoms with Gasteiger partial charge >= 0.3 is 0 Å². The second kappa shape index (κ2) is 13.0. The van der Waals surface area contributed by atoms with Crippen molar-refractivity contribution < 1.29 is 28.9 Å². The van der Waals surface area contributed by atoms with Crippen molar-refractivity contribution in [1.82, 2.24) is 4.90 Å². The number of aliphatic hydroxyl groups is 1. The lowest BCUT2D eigenvalue weighted by molar-refractivity contribution is -0.205. The molecular formula is C34H31NO6S. The van der Waals surface area contributed by atoms with Crippen LogP contribution < -0.4 is 0 Å². The molecule has 1 fully saturated rings. The predicted molar refractivity (Wildman–Crippen MR) is 159 cm³/mol. The minimum atomic E-state index is -1.17. The Morgan fingerprint density at radius 2 is 1.24 bits per heavy atom. The molecule has 7 nitrogen and oxygen atoms in total.